The molecule has 1 aromatic carbocycles. The van der Waals surface area contributed by atoms with E-state index in [0.29, 0.717) is 13.1 Å². The zero-order chi connectivity index (χ0) is 14.5. The molecule has 1 aliphatic rings. The monoisotopic (exact) mass is 276 g/mol. The van der Waals surface area contributed by atoms with Crippen LogP contribution in [-0.4, -0.2) is 29.8 Å². The summed E-state index contributed by atoms with van der Waals surface area (Å²) in [5.41, 5.74) is 6.03. The molecule has 0 bridgehead atoms. The second-order valence-corrected chi connectivity index (χ2v) is 4.91. The normalized spacial score (nSPS) is 19.2. The Kier molecular flexibility index (Phi) is 4.50. The van der Waals surface area contributed by atoms with Gasteiger partial charge in [-0.25, -0.2) is 4.39 Å². The molecule has 1 atom stereocenters. The van der Waals surface area contributed by atoms with Gasteiger partial charge < -0.3 is 10.6 Å². The number of carbonyl (C=O) groups is 2. The fraction of sp³-hybridized carbons (Fsp3) is 0.333. The molecular formula is C15H17FN2O2. The number of likely N-dealkylation sites (tertiary alicyclic amines) is 1. The Morgan fingerprint density at radius 1 is 1.30 bits per heavy atom. The number of amides is 2. The summed E-state index contributed by atoms with van der Waals surface area (Å²) in [6.07, 6.45) is 4.59. The van der Waals surface area contributed by atoms with E-state index in [9.17, 15) is 14.0 Å². The molecule has 106 valence electrons. The maximum Gasteiger partial charge on any atom is 0.246 e. The quantitative estimate of drug-likeness (QED) is 0.852. The summed E-state index contributed by atoms with van der Waals surface area (Å²) in [4.78, 5) is 24.8. The van der Waals surface area contributed by atoms with Gasteiger partial charge in [0.15, 0.2) is 0 Å². The summed E-state index contributed by atoms with van der Waals surface area (Å²) in [5.74, 6) is -1.08. The molecule has 1 heterocycles. The minimum atomic E-state index is -0.356. The van der Waals surface area contributed by atoms with Crippen LogP contribution in [-0.2, 0) is 9.59 Å². The number of benzene rings is 1. The van der Waals surface area contributed by atoms with E-state index in [1.165, 1.54) is 18.2 Å². The first-order valence-electron chi connectivity index (χ1n) is 6.58. The molecule has 0 aliphatic carbocycles. The van der Waals surface area contributed by atoms with Crippen molar-refractivity contribution in [3.8, 4) is 0 Å². The summed E-state index contributed by atoms with van der Waals surface area (Å²) >= 11 is 0. The van der Waals surface area contributed by atoms with E-state index in [1.54, 1.807) is 23.1 Å². The lowest BCUT2D eigenvalue weighted by Gasteiger charge is -2.30. The predicted octanol–water partition coefficient (Wildman–Crippen LogP) is 1.56. The summed E-state index contributed by atoms with van der Waals surface area (Å²) < 4.78 is 12.8. The standard InChI is InChI=1S/C15H17FN2O2/c16-13-6-3-11(4-7-13)5-8-14(19)18-9-1-2-12(10-18)15(17)20/h3-8,12H,1-2,9-10H2,(H2,17,20)/b8-5+. The number of nitrogens with zero attached hydrogens (tertiary/aromatic N) is 1. The van der Waals surface area contributed by atoms with Crippen LogP contribution in [0.15, 0.2) is 30.3 Å². The van der Waals surface area contributed by atoms with Crippen LogP contribution >= 0.6 is 0 Å². The topological polar surface area (TPSA) is 63.4 Å². The number of halogens is 1. The van der Waals surface area contributed by atoms with E-state index in [0.717, 1.165) is 18.4 Å². The number of nitrogens with two attached hydrogens (primary N) is 1. The Morgan fingerprint density at radius 3 is 2.65 bits per heavy atom. The first kappa shape index (κ1) is 14.2. The van der Waals surface area contributed by atoms with Crippen molar-refractivity contribution in [3.05, 3.63) is 41.7 Å². The van der Waals surface area contributed by atoms with Gasteiger partial charge in [0, 0.05) is 19.2 Å². The Hall–Kier alpha value is -2.17. The molecule has 0 radical (unpaired) electrons. The highest BCUT2D eigenvalue weighted by Gasteiger charge is 2.25. The number of primary amides is 1. The molecule has 20 heavy (non-hydrogen) atoms. The minimum absolute atomic E-state index is 0.153. The van der Waals surface area contributed by atoms with Crippen molar-refractivity contribution in [3.63, 3.8) is 0 Å². The smallest absolute Gasteiger partial charge is 0.246 e. The van der Waals surface area contributed by atoms with Crippen molar-refractivity contribution in [1.82, 2.24) is 4.90 Å². The molecule has 2 amide bonds. The van der Waals surface area contributed by atoms with E-state index in [-0.39, 0.29) is 23.5 Å². The third kappa shape index (κ3) is 3.66. The van der Waals surface area contributed by atoms with E-state index in [2.05, 4.69) is 0 Å². The molecule has 1 aromatic rings. The molecular weight excluding hydrogens is 259 g/mol. The van der Waals surface area contributed by atoms with Crippen LogP contribution in [0.5, 0.6) is 0 Å². The SMILES string of the molecule is NC(=O)C1CCCN(C(=O)/C=C/c2ccc(F)cc2)C1. The maximum atomic E-state index is 12.8. The maximum absolute atomic E-state index is 12.8. The number of hydrogen-bond donors (Lipinski definition) is 1. The van der Waals surface area contributed by atoms with Gasteiger partial charge in [-0.2, -0.15) is 0 Å². The van der Waals surface area contributed by atoms with Crippen LogP contribution in [0.4, 0.5) is 4.39 Å². The molecule has 1 aliphatic heterocycles. The summed E-state index contributed by atoms with van der Waals surface area (Å²) in [6, 6.07) is 5.88. The van der Waals surface area contributed by atoms with Gasteiger partial charge in [-0.15, -0.1) is 0 Å². The second kappa shape index (κ2) is 6.32. The van der Waals surface area contributed by atoms with Crippen LogP contribution in [0.3, 0.4) is 0 Å². The van der Waals surface area contributed by atoms with Crippen molar-refractivity contribution >= 4 is 17.9 Å². The van der Waals surface area contributed by atoms with Gasteiger partial charge in [0.2, 0.25) is 11.8 Å². The van der Waals surface area contributed by atoms with Gasteiger partial charge >= 0.3 is 0 Å². The van der Waals surface area contributed by atoms with Crippen LogP contribution < -0.4 is 5.73 Å². The molecule has 4 nitrogen and oxygen atoms in total. The van der Waals surface area contributed by atoms with E-state index in [1.807, 2.05) is 0 Å². The molecule has 1 unspecified atom stereocenters. The molecule has 0 spiro atoms. The average Bonchev–Trinajstić information content (AvgIpc) is 2.46. The molecule has 0 saturated carbocycles. The lowest BCUT2D eigenvalue weighted by atomic mass is 9.97. The van der Waals surface area contributed by atoms with Gasteiger partial charge in [-0.3, -0.25) is 9.59 Å². The molecule has 0 aromatic heterocycles. The van der Waals surface area contributed by atoms with Crippen LogP contribution in [0.1, 0.15) is 18.4 Å². The first-order valence-corrected chi connectivity index (χ1v) is 6.58. The van der Waals surface area contributed by atoms with Crippen LogP contribution in [0.25, 0.3) is 6.08 Å². The van der Waals surface area contributed by atoms with E-state index < -0.39 is 0 Å². The number of piperidine rings is 1. The number of hydrogen-bond acceptors (Lipinski definition) is 2. The summed E-state index contributed by atoms with van der Waals surface area (Å²) in [5, 5.41) is 0. The fourth-order valence-electron chi connectivity index (χ4n) is 2.26. The minimum Gasteiger partial charge on any atom is -0.369 e. The molecule has 1 saturated heterocycles. The summed E-state index contributed by atoms with van der Waals surface area (Å²) in [6.45, 7) is 1.01. The Morgan fingerprint density at radius 2 is 2.00 bits per heavy atom. The number of rotatable bonds is 3. The van der Waals surface area contributed by atoms with Crippen molar-refractivity contribution < 1.29 is 14.0 Å². The van der Waals surface area contributed by atoms with Gasteiger partial charge in [0.25, 0.3) is 0 Å². The van der Waals surface area contributed by atoms with Gasteiger partial charge in [0.1, 0.15) is 5.82 Å². The molecule has 2 N–H and O–H groups in total. The largest absolute Gasteiger partial charge is 0.369 e. The lowest BCUT2D eigenvalue weighted by molar-refractivity contribution is -0.130. The highest BCUT2D eigenvalue weighted by Crippen LogP contribution is 2.16. The zero-order valence-electron chi connectivity index (χ0n) is 11.1. The predicted molar refractivity (Wildman–Crippen MR) is 73.9 cm³/mol. The third-order valence-electron chi connectivity index (χ3n) is 3.42. The van der Waals surface area contributed by atoms with Crippen molar-refractivity contribution in [2.45, 2.75) is 12.8 Å². The third-order valence-corrected chi connectivity index (χ3v) is 3.42. The fourth-order valence-corrected chi connectivity index (χ4v) is 2.26. The Bertz CT molecular complexity index is 525. The average molecular weight is 276 g/mol. The van der Waals surface area contributed by atoms with E-state index >= 15 is 0 Å². The lowest BCUT2D eigenvalue weighted by Crippen LogP contribution is -2.43. The summed E-state index contributed by atoms with van der Waals surface area (Å²) in [7, 11) is 0. The highest BCUT2D eigenvalue weighted by molar-refractivity contribution is 5.92. The van der Waals surface area contributed by atoms with Crippen molar-refractivity contribution in [2.75, 3.05) is 13.1 Å². The molecule has 2 rings (SSSR count). The molecule has 1 fully saturated rings. The highest BCUT2D eigenvalue weighted by atomic mass is 19.1. The van der Waals surface area contributed by atoms with Crippen LogP contribution in [0.2, 0.25) is 0 Å². The van der Waals surface area contributed by atoms with Gasteiger partial charge in [-0.05, 0) is 36.6 Å². The van der Waals surface area contributed by atoms with E-state index in [4.69, 9.17) is 5.73 Å². The number of carbonyl (C=O) groups excluding carboxylic acids is 2. The van der Waals surface area contributed by atoms with Gasteiger partial charge in [-0.1, -0.05) is 12.1 Å². The second-order valence-electron chi connectivity index (χ2n) is 4.91. The zero-order valence-corrected chi connectivity index (χ0v) is 11.1. The van der Waals surface area contributed by atoms with Gasteiger partial charge in [0.05, 0.1) is 5.92 Å². The Balaban J connectivity index is 1.97. The van der Waals surface area contributed by atoms with Crippen molar-refractivity contribution in [2.24, 2.45) is 11.7 Å². The van der Waals surface area contributed by atoms with Crippen molar-refractivity contribution in [1.29, 1.82) is 0 Å². The van der Waals surface area contributed by atoms with Crippen LogP contribution in [0, 0.1) is 11.7 Å². The Labute approximate surface area is 117 Å². The molecule has 5 heteroatoms. The first-order chi connectivity index (χ1) is 9.56.